The quantitative estimate of drug-likeness (QED) is 0.724. The maximum Gasteiger partial charge on any atom is 0.328 e. The van der Waals surface area contributed by atoms with Crippen LogP contribution in [0.5, 0.6) is 0 Å². The zero-order chi connectivity index (χ0) is 12.1. The van der Waals surface area contributed by atoms with E-state index in [1.54, 1.807) is 0 Å². The Morgan fingerprint density at radius 2 is 2.06 bits per heavy atom. The third-order valence-corrected chi connectivity index (χ3v) is 3.44. The zero-order valence-electron chi connectivity index (χ0n) is 10.3. The number of methoxy groups -OCH3 is 1. The largest absolute Gasteiger partial charge is 0.467 e. The van der Waals surface area contributed by atoms with Crippen LogP contribution in [-0.4, -0.2) is 25.0 Å². The van der Waals surface area contributed by atoms with Crippen LogP contribution in [0, 0.1) is 11.8 Å². The van der Waals surface area contributed by atoms with Gasteiger partial charge in [0.25, 0.3) is 0 Å². The van der Waals surface area contributed by atoms with Crippen molar-refractivity contribution in [2.75, 3.05) is 7.11 Å². The Kier molecular flexibility index (Phi) is 4.77. The Balaban J connectivity index is 2.54. The van der Waals surface area contributed by atoms with Gasteiger partial charge in [0.1, 0.15) is 6.04 Å². The fourth-order valence-corrected chi connectivity index (χ4v) is 1.74. The van der Waals surface area contributed by atoms with Crippen molar-refractivity contribution in [3.63, 3.8) is 0 Å². The second-order valence-corrected chi connectivity index (χ2v) is 4.52. The third kappa shape index (κ3) is 2.97. The van der Waals surface area contributed by atoms with Crippen LogP contribution < -0.4 is 5.32 Å². The summed E-state index contributed by atoms with van der Waals surface area (Å²) >= 11 is 0. The second kappa shape index (κ2) is 5.87. The van der Waals surface area contributed by atoms with Crippen LogP contribution in [0.25, 0.3) is 0 Å². The van der Waals surface area contributed by atoms with Gasteiger partial charge in [-0.25, -0.2) is 4.79 Å². The van der Waals surface area contributed by atoms with Crippen molar-refractivity contribution in [1.29, 1.82) is 0 Å². The molecule has 0 unspecified atom stereocenters. The van der Waals surface area contributed by atoms with Gasteiger partial charge in [-0.05, 0) is 18.8 Å². The molecule has 92 valence electrons. The molecule has 1 aliphatic rings. The molecular weight excluding hydrogens is 206 g/mol. The molecule has 0 aliphatic heterocycles. The van der Waals surface area contributed by atoms with Gasteiger partial charge >= 0.3 is 5.97 Å². The zero-order valence-corrected chi connectivity index (χ0v) is 10.3. The van der Waals surface area contributed by atoms with Crippen LogP contribution in [0.2, 0.25) is 0 Å². The Labute approximate surface area is 96.7 Å². The van der Waals surface area contributed by atoms with Gasteiger partial charge in [-0.2, -0.15) is 0 Å². The number of esters is 1. The molecule has 0 bridgehead atoms. The number of amides is 1. The van der Waals surface area contributed by atoms with Crippen LogP contribution in [0.1, 0.15) is 39.5 Å². The van der Waals surface area contributed by atoms with Crippen LogP contribution >= 0.6 is 0 Å². The lowest BCUT2D eigenvalue weighted by atomic mass is 9.84. The standard InChI is InChI=1S/C12H21NO3/c1-4-8(2)10(12(15)16-3)13-11(14)9-6-5-7-9/h8-10H,4-7H2,1-3H3,(H,13,14)/t8-,10+/m0/s1. The molecule has 0 radical (unpaired) electrons. The van der Waals surface area contributed by atoms with E-state index in [1.165, 1.54) is 7.11 Å². The second-order valence-electron chi connectivity index (χ2n) is 4.52. The van der Waals surface area contributed by atoms with E-state index in [0.717, 1.165) is 25.7 Å². The minimum absolute atomic E-state index is 0.00181. The number of ether oxygens (including phenoxy) is 1. The molecular formula is C12H21NO3. The average molecular weight is 227 g/mol. The summed E-state index contributed by atoms with van der Waals surface area (Å²) in [6.45, 7) is 3.94. The molecule has 4 nitrogen and oxygen atoms in total. The van der Waals surface area contributed by atoms with Crippen molar-refractivity contribution < 1.29 is 14.3 Å². The molecule has 16 heavy (non-hydrogen) atoms. The smallest absolute Gasteiger partial charge is 0.328 e. The summed E-state index contributed by atoms with van der Waals surface area (Å²) in [5.74, 6) is -0.128. The molecule has 1 aliphatic carbocycles. The van der Waals surface area contributed by atoms with Crippen molar-refractivity contribution in [2.24, 2.45) is 11.8 Å². The first kappa shape index (κ1) is 13.0. The van der Waals surface area contributed by atoms with Crippen molar-refractivity contribution in [1.82, 2.24) is 5.32 Å². The lowest BCUT2D eigenvalue weighted by molar-refractivity contribution is -0.147. The molecule has 0 aromatic heterocycles. The maximum absolute atomic E-state index is 11.8. The Bertz CT molecular complexity index is 261. The molecule has 0 heterocycles. The predicted octanol–water partition coefficient (Wildman–Crippen LogP) is 1.49. The van der Waals surface area contributed by atoms with Gasteiger partial charge < -0.3 is 10.1 Å². The van der Waals surface area contributed by atoms with Crippen LogP contribution in [-0.2, 0) is 14.3 Å². The van der Waals surface area contributed by atoms with E-state index < -0.39 is 6.04 Å². The number of hydrogen-bond donors (Lipinski definition) is 1. The molecule has 1 amide bonds. The summed E-state index contributed by atoms with van der Waals surface area (Å²) in [5, 5.41) is 2.81. The Morgan fingerprint density at radius 3 is 2.44 bits per heavy atom. The summed E-state index contributed by atoms with van der Waals surface area (Å²) < 4.78 is 4.71. The number of carbonyl (C=O) groups is 2. The lowest BCUT2D eigenvalue weighted by Crippen LogP contribution is -2.48. The van der Waals surface area contributed by atoms with E-state index in [9.17, 15) is 9.59 Å². The highest BCUT2D eigenvalue weighted by atomic mass is 16.5. The van der Waals surface area contributed by atoms with Crippen LogP contribution in [0.4, 0.5) is 0 Å². The van der Waals surface area contributed by atoms with Gasteiger partial charge in [-0.1, -0.05) is 26.7 Å². The highest BCUT2D eigenvalue weighted by Crippen LogP contribution is 2.26. The topological polar surface area (TPSA) is 55.4 Å². The summed E-state index contributed by atoms with van der Waals surface area (Å²) in [5.41, 5.74) is 0. The predicted molar refractivity (Wildman–Crippen MR) is 60.7 cm³/mol. The van der Waals surface area contributed by atoms with E-state index in [4.69, 9.17) is 4.74 Å². The van der Waals surface area contributed by atoms with Crippen LogP contribution in [0.3, 0.4) is 0 Å². The summed E-state index contributed by atoms with van der Waals surface area (Å²) in [6.07, 6.45) is 3.84. The molecule has 0 saturated heterocycles. The van der Waals surface area contributed by atoms with Gasteiger partial charge in [0.2, 0.25) is 5.91 Å². The van der Waals surface area contributed by atoms with Gasteiger partial charge in [0.05, 0.1) is 7.11 Å². The van der Waals surface area contributed by atoms with E-state index in [0.29, 0.717) is 0 Å². The number of carbonyl (C=O) groups excluding carboxylic acids is 2. The Hall–Kier alpha value is -1.06. The highest BCUT2D eigenvalue weighted by molar-refractivity contribution is 5.86. The maximum atomic E-state index is 11.8. The molecule has 1 saturated carbocycles. The van der Waals surface area contributed by atoms with Gasteiger partial charge in [0.15, 0.2) is 0 Å². The van der Waals surface area contributed by atoms with Crippen molar-refractivity contribution in [3.05, 3.63) is 0 Å². The molecule has 1 N–H and O–H groups in total. The number of hydrogen-bond acceptors (Lipinski definition) is 3. The number of rotatable bonds is 5. The van der Waals surface area contributed by atoms with Gasteiger partial charge in [-0.3, -0.25) is 4.79 Å². The number of nitrogens with one attached hydrogen (secondary N) is 1. The van der Waals surface area contributed by atoms with E-state index in [2.05, 4.69) is 5.32 Å². The third-order valence-electron chi connectivity index (χ3n) is 3.44. The van der Waals surface area contributed by atoms with E-state index in [-0.39, 0.29) is 23.7 Å². The molecule has 2 atom stereocenters. The molecule has 1 fully saturated rings. The molecule has 0 aromatic carbocycles. The van der Waals surface area contributed by atoms with Crippen molar-refractivity contribution in [2.45, 2.75) is 45.6 Å². The van der Waals surface area contributed by atoms with Gasteiger partial charge in [0, 0.05) is 5.92 Å². The minimum atomic E-state index is -0.497. The van der Waals surface area contributed by atoms with Crippen molar-refractivity contribution >= 4 is 11.9 Å². The fraction of sp³-hybridized carbons (Fsp3) is 0.833. The van der Waals surface area contributed by atoms with E-state index >= 15 is 0 Å². The highest BCUT2D eigenvalue weighted by Gasteiger charge is 2.31. The monoisotopic (exact) mass is 227 g/mol. The van der Waals surface area contributed by atoms with Crippen LogP contribution in [0.15, 0.2) is 0 Å². The minimum Gasteiger partial charge on any atom is -0.467 e. The lowest BCUT2D eigenvalue weighted by Gasteiger charge is -2.28. The fourth-order valence-electron chi connectivity index (χ4n) is 1.74. The summed E-state index contributed by atoms with van der Waals surface area (Å²) in [7, 11) is 1.35. The first-order valence-electron chi connectivity index (χ1n) is 5.98. The first-order valence-corrected chi connectivity index (χ1v) is 5.98. The van der Waals surface area contributed by atoms with Crippen molar-refractivity contribution in [3.8, 4) is 0 Å². The molecule has 0 spiro atoms. The normalized spacial score (nSPS) is 19.4. The molecule has 4 heteroatoms. The first-order chi connectivity index (χ1) is 7.60. The van der Waals surface area contributed by atoms with Gasteiger partial charge in [-0.15, -0.1) is 0 Å². The SMILES string of the molecule is CC[C@H](C)[C@@H](NC(=O)C1CCC1)C(=O)OC. The molecule has 0 aromatic rings. The van der Waals surface area contributed by atoms with E-state index in [1.807, 2.05) is 13.8 Å². The average Bonchev–Trinajstić information content (AvgIpc) is 2.21. The summed E-state index contributed by atoms with van der Waals surface area (Å²) in [4.78, 5) is 23.3. The molecule has 1 rings (SSSR count). The summed E-state index contributed by atoms with van der Waals surface area (Å²) in [6, 6.07) is -0.497. The Morgan fingerprint density at radius 1 is 1.44 bits per heavy atom.